The van der Waals surface area contributed by atoms with Gasteiger partial charge in [0.05, 0.1) is 25.9 Å². The Bertz CT molecular complexity index is 2410. The fourth-order valence-corrected chi connectivity index (χ4v) is 7.14. The van der Waals surface area contributed by atoms with E-state index < -0.39 is 90.8 Å². The van der Waals surface area contributed by atoms with Crippen LogP contribution in [0.2, 0.25) is 0 Å². The van der Waals surface area contributed by atoms with Gasteiger partial charge in [-0.15, -0.1) is 0 Å². The van der Waals surface area contributed by atoms with Crippen molar-refractivity contribution in [3.8, 4) is 17.0 Å². The van der Waals surface area contributed by atoms with Gasteiger partial charge < -0.3 is 41.3 Å². The lowest BCUT2D eigenvalue weighted by Gasteiger charge is -2.23. The minimum Gasteiger partial charge on any atom is -0.491 e. The van der Waals surface area contributed by atoms with E-state index in [0.717, 1.165) is 18.1 Å². The highest BCUT2D eigenvalue weighted by Crippen LogP contribution is 2.26. The number of ether oxygens (including phenoxy) is 1. The van der Waals surface area contributed by atoms with Crippen LogP contribution in [-0.4, -0.2) is 105 Å². The fourth-order valence-electron chi connectivity index (χ4n) is 7.14. The Labute approximate surface area is 378 Å². The number of nitrogens with zero attached hydrogens (tertiary/aromatic N) is 2. The van der Waals surface area contributed by atoms with Crippen LogP contribution in [0, 0.1) is 5.82 Å². The minimum absolute atomic E-state index is 0.0423. The molecule has 3 aromatic carbocycles. The van der Waals surface area contributed by atoms with Gasteiger partial charge in [0, 0.05) is 31.9 Å². The van der Waals surface area contributed by atoms with Gasteiger partial charge in [0.15, 0.2) is 17.6 Å². The van der Waals surface area contributed by atoms with Gasteiger partial charge in [0.2, 0.25) is 23.6 Å². The summed E-state index contributed by atoms with van der Waals surface area (Å²) in [4.78, 5) is 103. The van der Waals surface area contributed by atoms with Crippen molar-refractivity contribution in [2.24, 2.45) is 0 Å². The molecule has 66 heavy (non-hydrogen) atoms. The zero-order valence-corrected chi connectivity index (χ0v) is 36.0. The molecular formula is C46H51FN7O12+. The van der Waals surface area contributed by atoms with Gasteiger partial charge in [-0.3, -0.25) is 38.9 Å². The number of nitrogens with one attached hydrogen (secondary N) is 5. The van der Waals surface area contributed by atoms with Crippen LogP contribution in [0.3, 0.4) is 0 Å². The van der Waals surface area contributed by atoms with E-state index in [1.807, 2.05) is 66.0 Å². The third kappa shape index (κ3) is 14.6. The van der Waals surface area contributed by atoms with Crippen molar-refractivity contribution < 1.29 is 67.4 Å². The van der Waals surface area contributed by atoms with Crippen LogP contribution in [0.4, 0.5) is 10.2 Å². The molecule has 0 radical (unpaired) electrons. The van der Waals surface area contributed by atoms with Crippen LogP contribution in [0.15, 0.2) is 85.1 Å². The first-order valence-electron chi connectivity index (χ1n) is 21.2. The standard InChI is InChI=1S/C46H50FN7O12/c1-27(55)49-34(24-40(58)59)44(63)53-35(25-41(60)61)45(64)52-33(23-39(56)57)43(62)48-18-10-2-3-11-19-66-38-17-16-29(20-31(38)47)22-36-46(65)54-26-37(30-14-8-5-9-15-30)50-32(42(54)51-36)21-28-12-6-4-7-13-28/h4-9,12-17,20,26,33-36H,2-3,10-11,18-19,21-25H2,1H3,(H7,48,49,52,53,55,56,57,58,59,60,61,62,63,64)/p+1/t33-,34-,35-,36?/m0/s1. The van der Waals surface area contributed by atoms with Crippen LogP contribution in [0.25, 0.3) is 11.3 Å². The number of aliphatic carboxylic acids is 3. The largest absolute Gasteiger partial charge is 0.491 e. The summed E-state index contributed by atoms with van der Waals surface area (Å²) >= 11 is 0. The first kappa shape index (κ1) is 49.2. The van der Waals surface area contributed by atoms with Crippen molar-refractivity contribution >= 4 is 53.3 Å². The first-order valence-corrected chi connectivity index (χ1v) is 21.2. The van der Waals surface area contributed by atoms with Crippen LogP contribution >= 0.6 is 0 Å². The Morgan fingerprint density at radius 1 is 0.742 bits per heavy atom. The van der Waals surface area contributed by atoms with E-state index in [1.165, 1.54) is 12.1 Å². The smallest absolute Gasteiger partial charge is 0.359 e. The van der Waals surface area contributed by atoms with Gasteiger partial charge in [-0.2, -0.15) is 4.57 Å². The Hall–Kier alpha value is -7.77. The van der Waals surface area contributed by atoms with Gasteiger partial charge in [-0.25, -0.2) is 14.2 Å². The van der Waals surface area contributed by atoms with E-state index >= 15 is 4.39 Å². The number of carboxylic acid groups (broad SMARTS) is 3. The number of anilines is 1. The van der Waals surface area contributed by atoms with Crippen LogP contribution in [0.1, 0.15) is 73.5 Å². The molecular weight excluding hydrogens is 862 g/mol. The summed E-state index contributed by atoms with van der Waals surface area (Å²) in [6.07, 6.45) is 1.80. The molecule has 0 aliphatic carbocycles. The molecule has 4 atom stereocenters. The molecule has 20 heteroatoms. The molecule has 1 aromatic heterocycles. The summed E-state index contributed by atoms with van der Waals surface area (Å²) in [5.41, 5.74) is 3.84. The minimum atomic E-state index is -1.86. The van der Waals surface area contributed by atoms with Gasteiger partial charge >= 0.3 is 29.6 Å². The van der Waals surface area contributed by atoms with Gasteiger partial charge in [0.1, 0.15) is 35.7 Å². The number of carbonyl (C=O) groups excluding carboxylic acids is 5. The number of rotatable bonds is 25. The molecule has 0 spiro atoms. The quantitative estimate of drug-likeness (QED) is 0.0350. The monoisotopic (exact) mass is 912 g/mol. The molecule has 4 aromatic rings. The van der Waals surface area contributed by atoms with E-state index in [1.54, 1.807) is 16.8 Å². The number of halogens is 1. The second kappa shape index (κ2) is 23.8. The van der Waals surface area contributed by atoms with Crippen molar-refractivity contribution in [3.63, 3.8) is 0 Å². The molecule has 1 aliphatic rings. The number of hydrogen-bond acceptors (Lipinski definition) is 11. The highest BCUT2D eigenvalue weighted by atomic mass is 19.1. The van der Waals surface area contributed by atoms with Crippen molar-refractivity contribution in [2.45, 2.75) is 88.9 Å². The topological polar surface area (TPSA) is 283 Å². The number of carbonyl (C=O) groups is 8. The molecule has 0 saturated heterocycles. The predicted octanol–water partition coefficient (Wildman–Crippen LogP) is 2.40. The Morgan fingerprint density at radius 3 is 1.91 bits per heavy atom. The Balaban J connectivity index is 1.07. The summed E-state index contributed by atoms with van der Waals surface area (Å²) < 4.78 is 22.5. The zero-order valence-electron chi connectivity index (χ0n) is 36.0. The van der Waals surface area contributed by atoms with E-state index in [-0.39, 0.29) is 31.2 Å². The first-order chi connectivity index (χ1) is 31.6. The highest BCUT2D eigenvalue weighted by Gasteiger charge is 2.41. The maximum atomic E-state index is 15.2. The van der Waals surface area contributed by atoms with Crippen LogP contribution in [-0.2, 0) is 46.4 Å². The summed E-state index contributed by atoms with van der Waals surface area (Å²) in [5.74, 6) is -8.73. The molecule has 19 nitrogen and oxygen atoms in total. The summed E-state index contributed by atoms with van der Waals surface area (Å²) in [7, 11) is 0. The second-order valence-corrected chi connectivity index (χ2v) is 15.5. The van der Waals surface area contributed by atoms with Crippen molar-refractivity contribution in [3.05, 3.63) is 108 Å². The van der Waals surface area contributed by atoms with E-state index in [0.29, 0.717) is 54.9 Å². The lowest BCUT2D eigenvalue weighted by molar-refractivity contribution is -0.552. The number of fused-ring (bicyclic) bond motifs is 1. The molecule has 0 saturated carbocycles. The number of amides is 4. The number of benzene rings is 3. The third-order valence-electron chi connectivity index (χ3n) is 10.3. The average molecular weight is 913 g/mol. The van der Waals surface area contributed by atoms with E-state index in [4.69, 9.17) is 14.8 Å². The molecule has 5 rings (SSSR count). The maximum Gasteiger partial charge on any atom is 0.359 e. The lowest BCUT2D eigenvalue weighted by atomic mass is 10.1. The van der Waals surface area contributed by atoms with E-state index in [9.17, 15) is 48.6 Å². The normalized spacial score (nSPS) is 14.1. The zero-order chi connectivity index (χ0) is 47.8. The Morgan fingerprint density at radius 2 is 1.32 bits per heavy atom. The molecule has 8 N–H and O–H groups in total. The summed E-state index contributed by atoms with van der Waals surface area (Å²) in [6, 6.07) is 18.1. The van der Waals surface area contributed by atoms with Crippen LogP contribution in [0.5, 0.6) is 5.75 Å². The number of hydrogen-bond donors (Lipinski definition) is 8. The van der Waals surface area contributed by atoms with E-state index in [2.05, 4.69) is 21.3 Å². The SMILES string of the molecule is CC(=O)N[C@@H](CC(=O)O)C(=O)N[C@@H](CC(=O)O)C(=O)N[C@@H](CC(=O)O)C(=O)NCCCCCCOc1ccc(CC2Nc3c(Cc4ccccc4)nc(-c4ccccc4)c[n+]3C2=O)cc1F. The second-order valence-electron chi connectivity index (χ2n) is 15.5. The molecule has 0 bridgehead atoms. The predicted molar refractivity (Wildman–Crippen MR) is 232 cm³/mol. The molecule has 1 unspecified atom stereocenters. The van der Waals surface area contributed by atoms with Crippen LogP contribution < -0.4 is 35.9 Å². The molecule has 2 heterocycles. The molecule has 1 aliphatic heterocycles. The van der Waals surface area contributed by atoms with Gasteiger partial charge in [0.25, 0.3) is 0 Å². The van der Waals surface area contributed by atoms with Crippen molar-refractivity contribution in [1.29, 1.82) is 0 Å². The highest BCUT2D eigenvalue weighted by molar-refractivity contribution is 5.97. The fraction of sp³-hybridized carbons (Fsp3) is 0.348. The molecule has 0 fully saturated rings. The Kier molecular flexibility index (Phi) is 17.7. The average Bonchev–Trinajstić information content (AvgIpc) is 3.58. The van der Waals surface area contributed by atoms with Gasteiger partial charge in [-0.05, 0) is 36.1 Å². The van der Waals surface area contributed by atoms with Gasteiger partial charge in [-0.1, -0.05) is 79.6 Å². The summed E-state index contributed by atoms with van der Waals surface area (Å²) in [6.45, 7) is 1.27. The number of carboxylic acids is 3. The van der Waals surface area contributed by atoms with Crippen molar-refractivity contribution in [2.75, 3.05) is 18.5 Å². The number of aromatic nitrogens is 2. The maximum absolute atomic E-state index is 15.2. The molecule has 4 amide bonds. The van der Waals surface area contributed by atoms with Crippen molar-refractivity contribution in [1.82, 2.24) is 26.3 Å². The summed E-state index contributed by atoms with van der Waals surface area (Å²) in [5, 5.41) is 39.8. The number of unbranched alkanes of at least 4 members (excludes halogenated alkanes) is 3. The third-order valence-corrected chi connectivity index (χ3v) is 10.3. The molecule has 348 valence electrons. The lowest BCUT2D eigenvalue weighted by Crippen LogP contribution is -2.57.